The molecule has 0 spiro atoms. The predicted molar refractivity (Wildman–Crippen MR) is 77.5 cm³/mol. The molecule has 3 N–H and O–H groups in total. The summed E-state index contributed by atoms with van der Waals surface area (Å²) in [6, 6.07) is 6.14. The van der Waals surface area contributed by atoms with Gasteiger partial charge >= 0.3 is 0 Å². The number of nitrogens with two attached hydrogens (primary N) is 1. The van der Waals surface area contributed by atoms with Crippen LogP contribution in [-0.2, 0) is 14.8 Å². The van der Waals surface area contributed by atoms with Gasteiger partial charge in [0.15, 0.2) is 0 Å². The lowest BCUT2D eigenvalue weighted by Gasteiger charge is -2.15. The van der Waals surface area contributed by atoms with Crippen LogP contribution in [0.5, 0.6) is 0 Å². The molecule has 0 aliphatic rings. The van der Waals surface area contributed by atoms with Gasteiger partial charge in [-0.3, -0.25) is 4.79 Å². The van der Waals surface area contributed by atoms with Gasteiger partial charge in [-0.25, -0.2) is 13.1 Å². The van der Waals surface area contributed by atoms with Gasteiger partial charge < -0.3 is 10.6 Å². The number of rotatable bonds is 6. The van der Waals surface area contributed by atoms with Gasteiger partial charge in [0.2, 0.25) is 15.9 Å². The van der Waals surface area contributed by atoms with Gasteiger partial charge in [0.1, 0.15) is 0 Å². The van der Waals surface area contributed by atoms with Crippen LogP contribution < -0.4 is 10.5 Å². The van der Waals surface area contributed by atoms with Gasteiger partial charge in [0, 0.05) is 19.6 Å². The minimum absolute atomic E-state index is 0.119. The highest BCUT2D eigenvalue weighted by atomic mass is 32.2. The number of hydrogen-bond acceptors (Lipinski definition) is 4. The zero-order valence-electron chi connectivity index (χ0n) is 12.0. The summed E-state index contributed by atoms with van der Waals surface area (Å²) >= 11 is 0. The summed E-state index contributed by atoms with van der Waals surface area (Å²) in [6.07, 6.45) is 0. The third-order valence-electron chi connectivity index (χ3n) is 3.03. The number of amides is 1. The van der Waals surface area contributed by atoms with Gasteiger partial charge in [-0.2, -0.15) is 0 Å². The van der Waals surface area contributed by atoms with Crippen molar-refractivity contribution < 1.29 is 13.2 Å². The molecule has 0 aliphatic heterocycles. The fourth-order valence-corrected chi connectivity index (χ4v) is 2.48. The molecule has 0 aromatic heterocycles. The summed E-state index contributed by atoms with van der Waals surface area (Å²) in [5.74, 6) is -0.275. The van der Waals surface area contributed by atoms with Crippen molar-refractivity contribution >= 4 is 15.9 Å². The second-order valence-electron chi connectivity index (χ2n) is 4.59. The molecule has 0 saturated heterocycles. The second kappa shape index (κ2) is 6.83. The molecule has 1 aromatic rings. The van der Waals surface area contributed by atoms with Crippen LogP contribution in [0.15, 0.2) is 29.2 Å². The highest BCUT2D eigenvalue weighted by molar-refractivity contribution is 7.89. The smallest absolute Gasteiger partial charge is 0.241 e. The van der Waals surface area contributed by atoms with Crippen LogP contribution in [0.1, 0.15) is 25.5 Å². The Labute approximate surface area is 120 Å². The number of nitrogens with one attached hydrogen (secondary N) is 1. The molecular weight excluding hydrogens is 278 g/mol. The van der Waals surface area contributed by atoms with E-state index < -0.39 is 10.0 Å². The molecule has 112 valence electrons. The van der Waals surface area contributed by atoms with E-state index in [0.717, 1.165) is 5.56 Å². The van der Waals surface area contributed by atoms with Crippen molar-refractivity contribution in [3.63, 3.8) is 0 Å². The molecular formula is C13H21N3O3S. The Bertz CT molecular complexity index is 553. The van der Waals surface area contributed by atoms with E-state index in [-0.39, 0.29) is 23.4 Å². The Morgan fingerprint density at radius 3 is 2.35 bits per heavy atom. The van der Waals surface area contributed by atoms with Crippen LogP contribution in [0.25, 0.3) is 0 Å². The highest BCUT2D eigenvalue weighted by Crippen LogP contribution is 2.14. The van der Waals surface area contributed by atoms with Crippen molar-refractivity contribution in [2.45, 2.75) is 24.8 Å². The third kappa shape index (κ3) is 4.29. The molecule has 0 bridgehead atoms. The number of benzene rings is 1. The molecule has 20 heavy (non-hydrogen) atoms. The van der Waals surface area contributed by atoms with Crippen molar-refractivity contribution in [1.82, 2.24) is 9.62 Å². The standard InChI is InChI=1S/C13H21N3O3S/c1-4-16(3)13(17)9-15-20(18,19)12-7-5-11(6-8-12)10(2)14/h5-8,10,15H,4,9,14H2,1-3H3. The average Bonchev–Trinajstić information content (AvgIpc) is 2.44. The topological polar surface area (TPSA) is 92.5 Å². The number of hydrogen-bond donors (Lipinski definition) is 2. The lowest BCUT2D eigenvalue weighted by molar-refractivity contribution is -0.128. The summed E-state index contributed by atoms with van der Waals surface area (Å²) in [7, 11) is -2.06. The average molecular weight is 299 g/mol. The van der Waals surface area contributed by atoms with Gasteiger partial charge in [0.25, 0.3) is 0 Å². The number of likely N-dealkylation sites (N-methyl/N-ethyl adjacent to an activating group) is 1. The molecule has 0 aliphatic carbocycles. The number of sulfonamides is 1. The summed E-state index contributed by atoms with van der Waals surface area (Å²) in [5.41, 5.74) is 6.56. The first kappa shape index (κ1) is 16.6. The van der Waals surface area contributed by atoms with Crippen LogP contribution in [-0.4, -0.2) is 39.4 Å². The van der Waals surface area contributed by atoms with Crippen LogP contribution in [0, 0.1) is 0 Å². The fourth-order valence-electron chi connectivity index (χ4n) is 1.50. The molecule has 1 rings (SSSR count). The Morgan fingerprint density at radius 2 is 1.90 bits per heavy atom. The lowest BCUT2D eigenvalue weighted by Crippen LogP contribution is -2.37. The summed E-state index contributed by atoms with van der Waals surface area (Å²) in [6.45, 7) is 3.92. The van der Waals surface area contributed by atoms with Crippen LogP contribution in [0.2, 0.25) is 0 Å². The van der Waals surface area contributed by atoms with Crippen LogP contribution in [0.3, 0.4) is 0 Å². The molecule has 0 saturated carbocycles. The maximum atomic E-state index is 12.0. The zero-order chi connectivity index (χ0) is 15.3. The van der Waals surface area contributed by atoms with Gasteiger partial charge in [-0.1, -0.05) is 12.1 Å². The van der Waals surface area contributed by atoms with Crippen molar-refractivity contribution in [2.75, 3.05) is 20.1 Å². The van der Waals surface area contributed by atoms with E-state index in [2.05, 4.69) is 4.72 Å². The Hall–Kier alpha value is -1.44. The molecule has 6 nitrogen and oxygen atoms in total. The van der Waals surface area contributed by atoms with E-state index in [9.17, 15) is 13.2 Å². The van der Waals surface area contributed by atoms with E-state index in [1.54, 1.807) is 19.2 Å². The van der Waals surface area contributed by atoms with Crippen LogP contribution in [0.4, 0.5) is 0 Å². The van der Waals surface area contributed by atoms with E-state index in [1.807, 2.05) is 13.8 Å². The van der Waals surface area contributed by atoms with E-state index in [0.29, 0.717) is 6.54 Å². The highest BCUT2D eigenvalue weighted by Gasteiger charge is 2.16. The quantitative estimate of drug-likeness (QED) is 0.798. The number of nitrogens with zero attached hydrogens (tertiary/aromatic N) is 1. The van der Waals surface area contributed by atoms with Gasteiger partial charge in [0.05, 0.1) is 11.4 Å². The van der Waals surface area contributed by atoms with Crippen molar-refractivity contribution in [1.29, 1.82) is 0 Å². The first-order valence-electron chi connectivity index (χ1n) is 6.37. The second-order valence-corrected chi connectivity index (χ2v) is 6.36. The SMILES string of the molecule is CCN(C)C(=O)CNS(=O)(=O)c1ccc(C(C)N)cc1. The first-order chi connectivity index (χ1) is 9.27. The molecule has 1 unspecified atom stereocenters. The molecule has 1 aromatic carbocycles. The first-order valence-corrected chi connectivity index (χ1v) is 7.85. The van der Waals surface area contributed by atoms with Gasteiger partial charge in [-0.15, -0.1) is 0 Å². The predicted octanol–water partition coefficient (Wildman–Crippen LogP) is 0.463. The van der Waals surface area contributed by atoms with Crippen molar-refractivity contribution in [2.24, 2.45) is 5.73 Å². The zero-order valence-corrected chi connectivity index (χ0v) is 12.8. The minimum atomic E-state index is -3.68. The molecule has 0 radical (unpaired) electrons. The maximum absolute atomic E-state index is 12.0. The lowest BCUT2D eigenvalue weighted by atomic mass is 10.1. The molecule has 0 fully saturated rings. The monoisotopic (exact) mass is 299 g/mol. The van der Waals surface area contributed by atoms with Gasteiger partial charge in [-0.05, 0) is 31.5 Å². The van der Waals surface area contributed by atoms with Crippen molar-refractivity contribution in [3.05, 3.63) is 29.8 Å². The fraction of sp³-hybridized carbons (Fsp3) is 0.462. The molecule has 1 amide bonds. The maximum Gasteiger partial charge on any atom is 0.241 e. The normalized spacial score (nSPS) is 13.0. The minimum Gasteiger partial charge on any atom is -0.345 e. The van der Waals surface area contributed by atoms with E-state index in [1.165, 1.54) is 17.0 Å². The summed E-state index contributed by atoms with van der Waals surface area (Å²) in [5, 5.41) is 0. The van der Waals surface area contributed by atoms with Crippen LogP contribution >= 0.6 is 0 Å². The Balaban J connectivity index is 2.76. The largest absolute Gasteiger partial charge is 0.345 e. The molecule has 1 atom stereocenters. The molecule has 7 heteroatoms. The Kier molecular flexibility index (Phi) is 5.67. The Morgan fingerprint density at radius 1 is 1.35 bits per heavy atom. The molecule has 0 heterocycles. The summed E-state index contributed by atoms with van der Waals surface area (Å²) < 4.78 is 26.3. The third-order valence-corrected chi connectivity index (χ3v) is 4.45. The number of carbonyl (C=O) groups is 1. The summed E-state index contributed by atoms with van der Waals surface area (Å²) in [4.78, 5) is 13.1. The van der Waals surface area contributed by atoms with Crippen molar-refractivity contribution in [3.8, 4) is 0 Å². The van der Waals surface area contributed by atoms with E-state index in [4.69, 9.17) is 5.73 Å². The number of carbonyl (C=O) groups excluding carboxylic acids is 1. The van der Waals surface area contributed by atoms with E-state index >= 15 is 0 Å².